The monoisotopic (exact) mass is 334 g/mol. The van der Waals surface area contributed by atoms with Crippen LogP contribution in [0.5, 0.6) is 0 Å². The maximum absolute atomic E-state index is 4.81. The quantitative estimate of drug-likeness (QED) is 0.594. The summed E-state index contributed by atoms with van der Waals surface area (Å²) in [6.45, 7) is 10.5. The summed E-state index contributed by atoms with van der Waals surface area (Å²) in [5.41, 5.74) is 1.21. The minimum absolute atomic E-state index is 0.429. The molecule has 1 aliphatic rings. The van der Waals surface area contributed by atoms with Crippen molar-refractivity contribution in [3.05, 3.63) is 12.4 Å². The van der Waals surface area contributed by atoms with E-state index in [0.717, 1.165) is 32.1 Å². The molecule has 2 N–H and O–H groups in total. The van der Waals surface area contributed by atoms with Crippen molar-refractivity contribution in [3.8, 4) is 0 Å². The average Bonchev–Trinajstić information content (AvgIpc) is 3.03. The van der Waals surface area contributed by atoms with Crippen LogP contribution in [0.15, 0.2) is 17.4 Å². The van der Waals surface area contributed by atoms with E-state index in [1.165, 1.54) is 31.4 Å². The van der Waals surface area contributed by atoms with Crippen LogP contribution in [0, 0.1) is 5.92 Å². The third kappa shape index (κ3) is 5.42. The van der Waals surface area contributed by atoms with Crippen LogP contribution >= 0.6 is 0 Å². The standard InChI is InChI=1S/C18H34N6/c1-5-15(6-2)11-20-18(19-7-3)22-16-9-8-10-24(13-16)17-12-21-23(4)14-17/h12,14-16H,5-11,13H2,1-4H3,(H2,19,20,22). The van der Waals surface area contributed by atoms with Crippen molar-refractivity contribution < 1.29 is 0 Å². The van der Waals surface area contributed by atoms with E-state index in [-0.39, 0.29) is 0 Å². The summed E-state index contributed by atoms with van der Waals surface area (Å²) in [6, 6.07) is 0.429. The van der Waals surface area contributed by atoms with E-state index < -0.39 is 0 Å². The summed E-state index contributed by atoms with van der Waals surface area (Å²) in [7, 11) is 1.97. The third-order valence-electron chi connectivity index (χ3n) is 4.83. The van der Waals surface area contributed by atoms with Gasteiger partial charge in [-0.2, -0.15) is 5.10 Å². The molecule has 2 heterocycles. The lowest BCUT2D eigenvalue weighted by atomic mass is 10.0. The van der Waals surface area contributed by atoms with Crippen LogP contribution in [0.4, 0.5) is 5.69 Å². The van der Waals surface area contributed by atoms with Crippen LogP contribution < -0.4 is 15.5 Å². The number of aromatic nitrogens is 2. The van der Waals surface area contributed by atoms with E-state index in [1.807, 2.05) is 17.9 Å². The Morgan fingerprint density at radius 3 is 2.79 bits per heavy atom. The number of rotatable bonds is 7. The van der Waals surface area contributed by atoms with E-state index >= 15 is 0 Å². The molecule has 0 saturated carbocycles. The summed E-state index contributed by atoms with van der Waals surface area (Å²) in [6.07, 6.45) is 8.81. The second-order valence-electron chi connectivity index (χ2n) is 6.70. The predicted molar refractivity (Wildman–Crippen MR) is 102 cm³/mol. The molecule has 1 unspecified atom stereocenters. The van der Waals surface area contributed by atoms with Gasteiger partial charge in [-0.3, -0.25) is 9.67 Å². The highest BCUT2D eigenvalue weighted by molar-refractivity contribution is 5.80. The van der Waals surface area contributed by atoms with E-state index in [4.69, 9.17) is 4.99 Å². The van der Waals surface area contributed by atoms with Crippen molar-refractivity contribution in [1.29, 1.82) is 0 Å². The van der Waals surface area contributed by atoms with Crippen molar-refractivity contribution in [1.82, 2.24) is 20.4 Å². The number of guanidine groups is 1. The maximum Gasteiger partial charge on any atom is 0.191 e. The van der Waals surface area contributed by atoms with Crippen molar-refractivity contribution in [3.63, 3.8) is 0 Å². The Bertz CT molecular complexity index is 505. The lowest BCUT2D eigenvalue weighted by molar-refractivity contribution is 0.464. The fraction of sp³-hybridized carbons (Fsp3) is 0.778. The molecule has 0 spiro atoms. The van der Waals surface area contributed by atoms with Crippen molar-refractivity contribution in [2.75, 3.05) is 31.1 Å². The zero-order chi connectivity index (χ0) is 17.4. The Morgan fingerprint density at radius 2 is 2.17 bits per heavy atom. The van der Waals surface area contributed by atoms with Gasteiger partial charge in [0.1, 0.15) is 0 Å². The fourth-order valence-electron chi connectivity index (χ4n) is 3.18. The summed E-state index contributed by atoms with van der Waals surface area (Å²) in [4.78, 5) is 7.23. The van der Waals surface area contributed by atoms with E-state index in [1.54, 1.807) is 0 Å². The highest BCUT2D eigenvalue weighted by atomic mass is 15.3. The first-order valence-electron chi connectivity index (χ1n) is 9.44. The molecular formula is C18H34N6. The highest BCUT2D eigenvalue weighted by Gasteiger charge is 2.21. The van der Waals surface area contributed by atoms with Gasteiger partial charge in [-0.1, -0.05) is 26.7 Å². The molecule has 1 fully saturated rings. The molecule has 1 saturated heterocycles. The lowest BCUT2D eigenvalue weighted by Crippen LogP contribution is -2.51. The van der Waals surface area contributed by atoms with Crippen LogP contribution in [0.1, 0.15) is 46.5 Å². The number of anilines is 1. The van der Waals surface area contributed by atoms with Gasteiger partial charge >= 0.3 is 0 Å². The predicted octanol–water partition coefficient (Wildman–Crippen LogP) is 2.38. The topological polar surface area (TPSA) is 57.5 Å². The first kappa shape index (κ1) is 18.6. The Hall–Kier alpha value is -1.72. The number of nitrogens with zero attached hydrogens (tertiary/aromatic N) is 4. The SMILES string of the molecule is CCNC(=NCC(CC)CC)NC1CCCN(c2cnn(C)c2)C1. The Kier molecular flexibility index (Phi) is 7.40. The van der Waals surface area contributed by atoms with Crippen molar-refractivity contribution in [2.45, 2.75) is 52.5 Å². The number of hydrogen-bond donors (Lipinski definition) is 2. The number of nitrogens with one attached hydrogen (secondary N) is 2. The van der Waals surface area contributed by atoms with E-state index in [0.29, 0.717) is 12.0 Å². The molecule has 24 heavy (non-hydrogen) atoms. The summed E-state index contributed by atoms with van der Waals surface area (Å²) < 4.78 is 1.87. The molecule has 136 valence electrons. The van der Waals surface area contributed by atoms with Gasteiger partial charge < -0.3 is 15.5 Å². The molecule has 1 aromatic heterocycles. The van der Waals surface area contributed by atoms with Gasteiger partial charge in [-0.05, 0) is 25.7 Å². The molecule has 1 atom stereocenters. The van der Waals surface area contributed by atoms with Crippen molar-refractivity contribution in [2.24, 2.45) is 18.0 Å². The second-order valence-corrected chi connectivity index (χ2v) is 6.70. The van der Waals surface area contributed by atoms with Crippen LogP contribution in [0.3, 0.4) is 0 Å². The van der Waals surface area contributed by atoms with Gasteiger partial charge in [0.15, 0.2) is 5.96 Å². The van der Waals surface area contributed by atoms with Gasteiger partial charge in [0.25, 0.3) is 0 Å². The summed E-state index contributed by atoms with van der Waals surface area (Å²) in [5, 5.41) is 11.3. The van der Waals surface area contributed by atoms with Gasteiger partial charge in [0.2, 0.25) is 0 Å². The number of aryl methyl sites for hydroxylation is 1. The van der Waals surface area contributed by atoms with Crippen LogP contribution in [0.25, 0.3) is 0 Å². The van der Waals surface area contributed by atoms with Crippen LogP contribution in [-0.4, -0.2) is 48.0 Å². The van der Waals surface area contributed by atoms with Gasteiger partial charge in [-0.25, -0.2) is 0 Å². The normalized spacial score (nSPS) is 19.0. The smallest absolute Gasteiger partial charge is 0.191 e. The molecule has 6 heteroatoms. The zero-order valence-corrected chi connectivity index (χ0v) is 15.8. The minimum Gasteiger partial charge on any atom is -0.367 e. The highest BCUT2D eigenvalue weighted by Crippen LogP contribution is 2.19. The molecule has 2 rings (SSSR count). The molecule has 1 aliphatic heterocycles. The molecular weight excluding hydrogens is 300 g/mol. The van der Waals surface area contributed by atoms with Crippen molar-refractivity contribution >= 4 is 11.6 Å². The lowest BCUT2D eigenvalue weighted by Gasteiger charge is -2.34. The largest absolute Gasteiger partial charge is 0.367 e. The summed E-state index contributed by atoms with van der Waals surface area (Å²) in [5.74, 6) is 1.64. The number of piperidine rings is 1. The minimum atomic E-state index is 0.429. The van der Waals surface area contributed by atoms with Gasteiger partial charge in [-0.15, -0.1) is 0 Å². The average molecular weight is 335 g/mol. The van der Waals surface area contributed by atoms with Crippen LogP contribution in [-0.2, 0) is 7.05 Å². The number of aliphatic imine (C=N–C) groups is 1. The van der Waals surface area contributed by atoms with Gasteiger partial charge in [0.05, 0.1) is 11.9 Å². The molecule has 0 bridgehead atoms. The molecule has 0 radical (unpaired) electrons. The Morgan fingerprint density at radius 1 is 1.38 bits per heavy atom. The summed E-state index contributed by atoms with van der Waals surface area (Å²) >= 11 is 0. The molecule has 6 nitrogen and oxygen atoms in total. The molecule has 0 amide bonds. The fourth-order valence-corrected chi connectivity index (χ4v) is 3.18. The number of hydrogen-bond acceptors (Lipinski definition) is 3. The molecule has 1 aromatic rings. The molecule has 0 aromatic carbocycles. The maximum atomic E-state index is 4.81. The van der Waals surface area contributed by atoms with E-state index in [2.05, 4.69) is 47.6 Å². The van der Waals surface area contributed by atoms with Gasteiger partial charge in [0, 0.05) is 45.5 Å². The zero-order valence-electron chi connectivity index (χ0n) is 15.8. The Labute approximate surface area is 146 Å². The first-order valence-corrected chi connectivity index (χ1v) is 9.44. The molecule has 0 aliphatic carbocycles. The second kappa shape index (κ2) is 9.55. The Balaban J connectivity index is 1.94. The third-order valence-corrected chi connectivity index (χ3v) is 4.83. The van der Waals surface area contributed by atoms with E-state index in [9.17, 15) is 0 Å². The first-order chi connectivity index (χ1) is 11.7. The van der Waals surface area contributed by atoms with Crippen LogP contribution in [0.2, 0.25) is 0 Å².